The molecule has 4 nitrogen and oxygen atoms in total. The van der Waals surface area contributed by atoms with Crippen molar-refractivity contribution in [2.24, 2.45) is 23.7 Å². The number of nitrogens with zero attached hydrogens (tertiary/aromatic N) is 1. The number of aliphatic hydroxyl groups is 1. The summed E-state index contributed by atoms with van der Waals surface area (Å²) >= 11 is 0. The van der Waals surface area contributed by atoms with Crippen molar-refractivity contribution >= 4 is 11.8 Å². The van der Waals surface area contributed by atoms with Crippen LogP contribution in [0.4, 0.5) is 0 Å². The Kier molecular flexibility index (Phi) is 1.73. The molecule has 0 aromatic carbocycles. The van der Waals surface area contributed by atoms with Crippen molar-refractivity contribution in [2.45, 2.75) is 31.4 Å². The maximum atomic E-state index is 12.3. The SMILES string of the molecule is O=C1C2C3C=CC(C3)C2C(=O)N1C1CC(O)C1. The molecule has 90 valence electrons. The Labute approximate surface area is 99.3 Å². The zero-order valence-electron chi connectivity index (χ0n) is 9.45. The molecular formula is C13H15NO3. The zero-order valence-corrected chi connectivity index (χ0v) is 9.45. The summed E-state index contributed by atoms with van der Waals surface area (Å²) < 4.78 is 0. The van der Waals surface area contributed by atoms with E-state index in [1.54, 1.807) is 0 Å². The van der Waals surface area contributed by atoms with Gasteiger partial charge < -0.3 is 5.11 Å². The second kappa shape index (κ2) is 2.99. The molecule has 0 spiro atoms. The first-order chi connectivity index (χ1) is 8.16. The monoisotopic (exact) mass is 233 g/mol. The third-order valence-corrected chi connectivity index (χ3v) is 4.96. The van der Waals surface area contributed by atoms with Crippen LogP contribution in [-0.4, -0.2) is 34.0 Å². The van der Waals surface area contributed by atoms with Crippen molar-refractivity contribution in [3.8, 4) is 0 Å². The third-order valence-electron chi connectivity index (χ3n) is 4.96. The summed E-state index contributed by atoms with van der Waals surface area (Å²) in [6, 6.07) is -0.0324. The predicted molar refractivity (Wildman–Crippen MR) is 58.6 cm³/mol. The number of rotatable bonds is 1. The number of carbonyl (C=O) groups is 2. The van der Waals surface area contributed by atoms with Gasteiger partial charge in [0.15, 0.2) is 0 Å². The number of allylic oxidation sites excluding steroid dienone is 2. The van der Waals surface area contributed by atoms with Gasteiger partial charge in [0, 0.05) is 6.04 Å². The molecule has 2 saturated carbocycles. The number of hydrogen-bond donors (Lipinski definition) is 1. The summed E-state index contributed by atoms with van der Waals surface area (Å²) in [6.45, 7) is 0. The van der Waals surface area contributed by atoms with Crippen molar-refractivity contribution in [2.75, 3.05) is 0 Å². The minimum Gasteiger partial charge on any atom is -0.393 e. The number of likely N-dealkylation sites (tertiary alicyclic amines) is 1. The first kappa shape index (κ1) is 9.83. The Bertz CT molecular complexity index is 408. The van der Waals surface area contributed by atoms with Crippen molar-refractivity contribution in [3.63, 3.8) is 0 Å². The molecule has 1 heterocycles. The van der Waals surface area contributed by atoms with Gasteiger partial charge in [0.25, 0.3) is 0 Å². The van der Waals surface area contributed by atoms with Gasteiger partial charge >= 0.3 is 0 Å². The van der Waals surface area contributed by atoms with Gasteiger partial charge in [-0.1, -0.05) is 12.2 Å². The summed E-state index contributed by atoms with van der Waals surface area (Å²) in [5.74, 6) is 0.445. The van der Waals surface area contributed by atoms with E-state index in [0.717, 1.165) is 6.42 Å². The van der Waals surface area contributed by atoms with Gasteiger partial charge in [-0.25, -0.2) is 0 Å². The lowest BCUT2D eigenvalue weighted by molar-refractivity contribution is -0.148. The number of hydrogen-bond acceptors (Lipinski definition) is 3. The van der Waals surface area contributed by atoms with E-state index in [-0.39, 0.29) is 47.6 Å². The van der Waals surface area contributed by atoms with E-state index in [9.17, 15) is 14.7 Å². The Morgan fingerprint density at radius 1 is 1.00 bits per heavy atom. The van der Waals surface area contributed by atoms with E-state index in [4.69, 9.17) is 0 Å². The lowest BCUT2D eigenvalue weighted by Gasteiger charge is -2.37. The van der Waals surface area contributed by atoms with Gasteiger partial charge in [-0.3, -0.25) is 14.5 Å². The largest absolute Gasteiger partial charge is 0.393 e. The van der Waals surface area contributed by atoms with E-state index in [0.29, 0.717) is 12.8 Å². The molecule has 4 atom stereocenters. The van der Waals surface area contributed by atoms with Crippen LogP contribution in [0.2, 0.25) is 0 Å². The van der Waals surface area contributed by atoms with Crippen molar-refractivity contribution in [3.05, 3.63) is 12.2 Å². The Hall–Kier alpha value is -1.16. The van der Waals surface area contributed by atoms with Crippen LogP contribution in [0.1, 0.15) is 19.3 Å². The Balaban J connectivity index is 1.65. The normalized spacial score (nSPS) is 51.0. The van der Waals surface area contributed by atoms with E-state index in [2.05, 4.69) is 12.2 Å². The molecule has 1 saturated heterocycles. The predicted octanol–water partition coefficient (Wildman–Crippen LogP) is 0.317. The van der Waals surface area contributed by atoms with Gasteiger partial charge in [0.05, 0.1) is 17.9 Å². The maximum Gasteiger partial charge on any atom is 0.233 e. The molecular weight excluding hydrogens is 218 g/mol. The van der Waals surface area contributed by atoms with Crippen LogP contribution in [0.15, 0.2) is 12.2 Å². The molecule has 0 aromatic heterocycles. The Morgan fingerprint density at radius 3 is 2.00 bits per heavy atom. The fourth-order valence-corrected chi connectivity index (χ4v) is 4.06. The second-order valence-corrected chi connectivity index (χ2v) is 5.83. The zero-order chi connectivity index (χ0) is 11.7. The molecule has 4 rings (SSSR count). The molecule has 4 aliphatic rings. The highest BCUT2D eigenvalue weighted by Gasteiger charge is 2.61. The summed E-state index contributed by atoms with van der Waals surface area (Å²) in [5.41, 5.74) is 0. The highest BCUT2D eigenvalue weighted by molar-refractivity contribution is 6.06. The lowest BCUT2D eigenvalue weighted by atomic mass is 9.85. The molecule has 4 heteroatoms. The van der Waals surface area contributed by atoms with Crippen LogP contribution in [0.25, 0.3) is 0 Å². The van der Waals surface area contributed by atoms with Crippen LogP contribution in [0.3, 0.4) is 0 Å². The molecule has 1 aliphatic heterocycles. The second-order valence-electron chi connectivity index (χ2n) is 5.83. The van der Waals surface area contributed by atoms with Gasteiger partial charge in [-0.15, -0.1) is 0 Å². The highest BCUT2D eigenvalue weighted by Crippen LogP contribution is 2.53. The molecule has 2 bridgehead atoms. The Morgan fingerprint density at radius 2 is 1.53 bits per heavy atom. The quantitative estimate of drug-likeness (QED) is 0.524. The smallest absolute Gasteiger partial charge is 0.233 e. The third kappa shape index (κ3) is 1.07. The molecule has 4 unspecified atom stereocenters. The topological polar surface area (TPSA) is 57.6 Å². The van der Waals surface area contributed by atoms with E-state index >= 15 is 0 Å². The van der Waals surface area contributed by atoms with Gasteiger partial charge in [-0.2, -0.15) is 0 Å². The van der Waals surface area contributed by atoms with Gasteiger partial charge in [0.1, 0.15) is 0 Å². The van der Waals surface area contributed by atoms with Crippen molar-refractivity contribution < 1.29 is 14.7 Å². The number of fused-ring (bicyclic) bond motifs is 5. The summed E-state index contributed by atoms with van der Waals surface area (Å²) in [4.78, 5) is 26.1. The minimum absolute atomic E-state index is 0.0220. The average molecular weight is 233 g/mol. The summed E-state index contributed by atoms with van der Waals surface area (Å²) in [5, 5.41) is 9.31. The van der Waals surface area contributed by atoms with Crippen LogP contribution in [0, 0.1) is 23.7 Å². The van der Waals surface area contributed by atoms with Crippen LogP contribution in [0.5, 0.6) is 0 Å². The van der Waals surface area contributed by atoms with E-state index in [1.807, 2.05) is 0 Å². The molecule has 0 radical (unpaired) electrons. The minimum atomic E-state index is -0.323. The van der Waals surface area contributed by atoms with Gasteiger partial charge in [-0.05, 0) is 31.1 Å². The summed E-state index contributed by atoms with van der Waals surface area (Å²) in [6.07, 6.45) is 6.01. The van der Waals surface area contributed by atoms with Crippen LogP contribution >= 0.6 is 0 Å². The number of imide groups is 1. The molecule has 3 fully saturated rings. The van der Waals surface area contributed by atoms with Crippen LogP contribution < -0.4 is 0 Å². The molecule has 1 N–H and O–H groups in total. The van der Waals surface area contributed by atoms with E-state index in [1.165, 1.54) is 4.90 Å². The number of amides is 2. The maximum absolute atomic E-state index is 12.3. The average Bonchev–Trinajstić information content (AvgIpc) is 2.90. The fraction of sp³-hybridized carbons (Fsp3) is 0.692. The number of carbonyl (C=O) groups excluding carboxylic acids is 2. The molecule has 3 aliphatic carbocycles. The lowest BCUT2D eigenvalue weighted by Crippen LogP contribution is -2.50. The van der Waals surface area contributed by atoms with Crippen LogP contribution in [-0.2, 0) is 9.59 Å². The van der Waals surface area contributed by atoms with Crippen molar-refractivity contribution in [1.29, 1.82) is 0 Å². The molecule has 0 aromatic rings. The van der Waals surface area contributed by atoms with Gasteiger partial charge in [0.2, 0.25) is 11.8 Å². The standard InChI is InChI=1S/C13H15NO3/c15-9-4-8(5-9)14-12(16)10-6-1-2-7(3-6)11(10)13(14)17/h1-2,6-11,15H,3-5H2. The summed E-state index contributed by atoms with van der Waals surface area (Å²) in [7, 11) is 0. The highest BCUT2D eigenvalue weighted by atomic mass is 16.3. The van der Waals surface area contributed by atoms with E-state index < -0.39 is 0 Å². The molecule has 2 amide bonds. The van der Waals surface area contributed by atoms with Crippen molar-refractivity contribution in [1.82, 2.24) is 4.90 Å². The fourth-order valence-electron chi connectivity index (χ4n) is 4.06. The first-order valence-electron chi connectivity index (χ1n) is 6.40. The first-order valence-corrected chi connectivity index (χ1v) is 6.40. The number of aliphatic hydroxyl groups excluding tert-OH is 1. The molecule has 17 heavy (non-hydrogen) atoms.